The highest BCUT2D eigenvalue weighted by Gasteiger charge is 2.27. The standard InChI is InChI=1S/C23H30N8O2/c1-29(15-32)22(33)19-12-16-13-26-23(28-21(16)31(19)17-4-2-3-5-17)27-20-7-6-18(14-25-20)30-10-8-24-9-11-30/h6-7,12-14,17,24,32H,2-5,8-11,15H2,1H3,(H,25,26,27,28). The fraction of sp³-hybridized carbons (Fsp3) is 0.478. The molecule has 3 N–H and O–H groups in total. The predicted molar refractivity (Wildman–Crippen MR) is 127 cm³/mol. The van der Waals surface area contributed by atoms with Gasteiger partial charge in [-0.1, -0.05) is 12.8 Å². The molecule has 5 rings (SSSR count). The lowest BCUT2D eigenvalue weighted by Gasteiger charge is -2.29. The van der Waals surface area contributed by atoms with Crippen molar-refractivity contribution in [3.63, 3.8) is 0 Å². The lowest BCUT2D eigenvalue weighted by atomic mass is 10.2. The van der Waals surface area contributed by atoms with Crippen molar-refractivity contribution in [2.45, 2.75) is 31.7 Å². The first-order valence-corrected chi connectivity index (χ1v) is 11.6. The Hall–Kier alpha value is -3.24. The molecule has 33 heavy (non-hydrogen) atoms. The van der Waals surface area contributed by atoms with E-state index in [1.54, 1.807) is 13.2 Å². The normalized spacial score (nSPS) is 17.0. The number of hydrogen-bond acceptors (Lipinski definition) is 8. The van der Waals surface area contributed by atoms with Crippen LogP contribution >= 0.6 is 0 Å². The number of carbonyl (C=O) groups is 1. The fourth-order valence-electron chi connectivity index (χ4n) is 4.71. The summed E-state index contributed by atoms with van der Waals surface area (Å²) in [6, 6.07) is 6.04. The van der Waals surface area contributed by atoms with Gasteiger partial charge in [0.05, 0.1) is 11.9 Å². The molecule has 0 aromatic carbocycles. The number of aliphatic hydroxyl groups is 1. The SMILES string of the molecule is CN(CO)C(=O)c1cc2cnc(Nc3ccc(N4CCNCC4)cn3)nc2n1C1CCCC1. The molecule has 1 aliphatic heterocycles. The van der Waals surface area contributed by atoms with Gasteiger partial charge >= 0.3 is 0 Å². The molecule has 0 spiro atoms. The number of aromatic nitrogens is 4. The second-order valence-corrected chi connectivity index (χ2v) is 8.72. The van der Waals surface area contributed by atoms with Crippen LogP contribution in [-0.4, -0.2) is 75.4 Å². The van der Waals surface area contributed by atoms with Crippen molar-refractivity contribution in [1.29, 1.82) is 0 Å². The largest absolute Gasteiger partial charge is 0.376 e. The lowest BCUT2D eigenvalue weighted by Crippen LogP contribution is -2.43. The van der Waals surface area contributed by atoms with Crippen molar-refractivity contribution >= 4 is 34.4 Å². The van der Waals surface area contributed by atoms with Crippen LogP contribution < -0.4 is 15.5 Å². The van der Waals surface area contributed by atoms with Gasteiger partial charge in [-0.2, -0.15) is 4.98 Å². The first-order chi connectivity index (χ1) is 16.1. The van der Waals surface area contributed by atoms with Crippen molar-refractivity contribution in [2.75, 3.05) is 50.2 Å². The minimum Gasteiger partial charge on any atom is -0.376 e. The molecule has 3 aromatic heterocycles. The second-order valence-electron chi connectivity index (χ2n) is 8.72. The smallest absolute Gasteiger partial charge is 0.272 e. The molecular formula is C23H30N8O2. The van der Waals surface area contributed by atoms with E-state index >= 15 is 0 Å². The van der Waals surface area contributed by atoms with Crippen molar-refractivity contribution in [3.05, 3.63) is 36.3 Å². The Labute approximate surface area is 192 Å². The van der Waals surface area contributed by atoms with Gasteiger partial charge in [-0.05, 0) is 31.0 Å². The molecular weight excluding hydrogens is 420 g/mol. The number of nitrogens with one attached hydrogen (secondary N) is 2. The molecule has 174 valence electrons. The molecule has 2 aliphatic rings. The average molecular weight is 451 g/mol. The number of piperazine rings is 1. The molecule has 0 bridgehead atoms. The van der Waals surface area contributed by atoms with E-state index < -0.39 is 0 Å². The van der Waals surface area contributed by atoms with Crippen molar-refractivity contribution in [2.24, 2.45) is 0 Å². The van der Waals surface area contributed by atoms with Crippen LogP contribution in [0.4, 0.5) is 17.5 Å². The van der Waals surface area contributed by atoms with Crippen LogP contribution in [0.25, 0.3) is 11.0 Å². The number of carbonyl (C=O) groups excluding carboxylic acids is 1. The summed E-state index contributed by atoms with van der Waals surface area (Å²) in [5.74, 6) is 0.891. The van der Waals surface area contributed by atoms with Gasteiger partial charge in [-0.15, -0.1) is 0 Å². The van der Waals surface area contributed by atoms with Crippen molar-refractivity contribution in [1.82, 2.24) is 29.7 Å². The van der Waals surface area contributed by atoms with Gasteiger partial charge in [0.15, 0.2) is 0 Å². The summed E-state index contributed by atoms with van der Waals surface area (Å²) in [5.41, 5.74) is 2.37. The summed E-state index contributed by atoms with van der Waals surface area (Å²) >= 11 is 0. The van der Waals surface area contributed by atoms with Crippen LogP contribution in [0, 0.1) is 0 Å². The average Bonchev–Trinajstić information content (AvgIpc) is 3.51. The van der Waals surface area contributed by atoms with Gasteiger partial charge in [0, 0.05) is 50.9 Å². The number of rotatable bonds is 6. The topological polar surface area (TPSA) is 111 Å². The number of hydrogen-bond donors (Lipinski definition) is 3. The Morgan fingerprint density at radius 1 is 1.21 bits per heavy atom. The Morgan fingerprint density at radius 3 is 2.70 bits per heavy atom. The van der Waals surface area contributed by atoms with Crippen molar-refractivity contribution < 1.29 is 9.90 Å². The zero-order valence-corrected chi connectivity index (χ0v) is 18.9. The molecule has 2 fully saturated rings. The highest BCUT2D eigenvalue weighted by Crippen LogP contribution is 2.35. The van der Waals surface area contributed by atoms with Gasteiger partial charge < -0.3 is 30.1 Å². The van der Waals surface area contributed by atoms with Crippen LogP contribution in [0.1, 0.15) is 42.2 Å². The van der Waals surface area contributed by atoms with Gasteiger partial charge in [-0.25, -0.2) is 9.97 Å². The van der Waals surface area contributed by atoms with Gasteiger partial charge in [0.2, 0.25) is 5.95 Å². The highest BCUT2D eigenvalue weighted by molar-refractivity contribution is 5.98. The molecule has 3 aromatic rings. The van der Waals surface area contributed by atoms with Gasteiger partial charge in [0.1, 0.15) is 23.9 Å². The van der Waals surface area contributed by atoms with Crippen LogP contribution in [-0.2, 0) is 0 Å². The van der Waals surface area contributed by atoms with E-state index in [2.05, 4.69) is 31.6 Å². The Kier molecular flexibility index (Phi) is 6.10. The Morgan fingerprint density at radius 2 is 2.00 bits per heavy atom. The van der Waals surface area contributed by atoms with E-state index in [1.165, 1.54) is 4.90 Å². The van der Waals surface area contributed by atoms with E-state index in [-0.39, 0.29) is 18.7 Å². The minimum atomic E-state index is -0.334. The maximum atomic E-state index is 12.9. The predicted octanol–water partition coefficient (Wildman–Crippen LogP) is 2.12. The fourth-order valence-corrected chi connectivity index (χ4v) is 4.71. The van der Waals surface area contributed by atoms with Gasteiger partial charge in [0.25, 0.3) is 5.91 Å². The summed E-state index contributed by atoms with van der Waals surface area (Å²) < 4.78 is 2.03. The van der Waals surface area contributed by atoms with E-state index in [0.717, 1.165) is 68.6 Å². The number of anilines is 3. The second kappa shape index (κ2) is 9.32. The maximum Gasteiger partial charge on any atom is 0.272 e. The number of nitrogens with zero attached hydrogens (tertiary/aromatic N) is 6. The minimum absolute atomic E-state index is 0.215. The number of fused-ring (bicyclic) bond motifs is 1. The molecule has 1 saturated heterocycles. The third-order valence-corrected chi connectivity index (χ3v) is 6.51. The molecule has 1 aliphatic carbocycles. The number of pyridine rings is 1. The third-order valence-electron chi connectivity index (χ3n) is 6.51. The summed E-state index contributed by atoms with van der Waals surface area (Å²) in [5, 5.41) is 16.8. The summed E-state index contributed by atoms with van der Waals surface area (Å²) in [6.07, 6.45) is 7.89. The van der Waals surface area contributed by atoms with Gasteiger partial charge in [-0.3, -0.25) is 4.79 Å². The maximum absolute atomic E-state index is 12.9. The zero-order valence-electron chi connectivity index (χ0n) is 18.9. The number of aliphatic hydroxyl groups excluding tert-OH is 1. The Balaban J connectivity index is 1.43. The first-order valence-electron chi connectivity index (χ1n) is 11.6. The van der Waals surface area contributed by atoms with E-state index in [1.807, 2.05) is 22.9 Å². The molecule has 0 atom stereocenters. The van der Waals surface area contributed by atoms with E-state index in [4.69, 9.17) is 4.98 Å². The molecule has 1 saturated carbocycles. The summed E-state index contributed by atoms with van der Waals surface area (Å²) in [4.78, 5) is 30.3. The number of amides is 1. The molecule has 4 heterocycles. The highest BCUT2D eigenvalue weighted by atomic mass is 16.3. The lowest BCUT2D eigenvalue weighted by molar-refractivity contribution is 0.0617. The first kappa shape index (κ1) is 21.6. The van der Waals surface area contributed by atoms with Crippen LogP contribution in [0.2, 0.25) is 0 Å². The van der Waals surface area contributed by atoms with E-state index in [9.17, 15) is 9.90 Å². The third kappa shape index (κ3) is 4.36. The van der Waals surface area contributed by atoms with Crippen LogP contribution in [0.15, 0.2) is 30.6 Å². The quantitative estimate of drug-likeness (QED) is 0.490. The van der Waals surface area contributed by atoms with E-state index in [0.29, 0.717) is 17.5 Å². The molecule has 10 nitrogen and oxygen atoms in total. The monoisotopic (exact) mass is 450 g/mol. The van der Waals surface area contributed by atoms with Crippen molar-refractivity contribution in [3.8, 4) is 0 Å². The van der Waals surface area contributed by atoms with Crippen LogP contribution in [0.5, 0.6) is 0 Å². The molecule has 1 amide bonds. The summed E-state index contributed by atoms with van der Waals surface area (Å²) in [7, 11) is 1.59. The molecule has 0 unspecified atom stereocenters. The van der Waals surface area contributed by atoms with Crippen LogP contribution in [0.3, 0.4) is 0 Å². The Bertz CT molecular complexity index is 1120. The summed E-state index contributed by atoms with van der Waals surface area (Å²) in [6.45, 7) is 3.57. The molecule has 0 radical (unpaired) electrons. The molecule has 10 heteroatoms. The zero-order chi connectivity index (χ0) is 22.8.